The smallest absolute Gasteiger partial charge is 0.232 e. The van der Waals surface area contributed by atoms with E-state index in [2.05, 4.69) is 0 Å². The fraction of sp³-hybridized carbons (Fsp3) is 0.700. The van der Waals surface area contributed by atoms with E-state index in [1.54, 1.807) is 11.3 Å². The van der Waals surface area contributed by atoms with Gasteiger partial charge >= 0.3 is 0 Å². The SMILES string of the molecule is CCN1CC(C(N)=O)SC(C)(C)[CH]C1=O. The lowest BCUT2D eigenvalue weighted by molar-refractivity contribution is -0.127. The van der Waals surface area contributed by atoms with Crippen LogP contribution >= 0.6 is 11.8 Å². The third kappa shape index (κ3) is 3.12. The Morgan fingerprint density at radius 1 is 1.73 bits per heavy atom. The van der Waals surface area contributed by atoms with Crippen molar-refractivity contribution >= 4 is 23.6 Å². The first-order valence-electron chi connectivity index (χ1n) is 4.97. The topological polar surface area (TPSA) is 63.4 Å². The van der Waals surface area contributed by atoms with Crippen molar-refractivity contribution in [3.8, 4) is 0 Å². The number of rotatable bonds is 2. The second-order valence-electron chi connectivity index (χ2n) is 4.13. The summed E-state index contributed by atoms with van der Waals surface area (Å²) in [6.45, 7) is 6.76. The van der Waals surface area contributed by atoms with Gasteiger partial charge in [-0.25, -0.2) is 0 Å². The summed E-state index contributed by atoms with van der Waals surface area (Å²) in [7, 11) is 0. The lowest BCUT2D eigenvalue weighted by atomic mass is 10.1. The maximum absolute atomic E-state index is 11.7. The van der Waals surface area contributed by atoms with Crippen LogP contribution in [0.1, 0.15) is 20.8 Å². The average Bonchev–Trinajstić information content (AvgIpc) is 2.20. The van der Waals surface area contributed by atoms with Crippen molar-refractivity contribution in [1.29, 1.82) is 0 Å². The molecule has 0 aliphatic carbocycles. The van der Waals surface area contributed by atoms with E-state index in [0.717, 1.165) is 0 Å². The van der Waals surface area contributed by atoms with Crippen molar-refractivity contribution in [3.63, 3.8) is 0 Å². The third-order valence-electron chi connectivity index (χ3n) is 2.31. The van der Waals surface area contributed by atoms with E-state index in [1.165, 1.54) is 11.8 Å². The van der Waals surface area contributed by atoms with Gasteiger partial charge in [-0.15, -0.1) is 11.8 Å². The highest BCUT2D eigenvalue weighted by Gasteiger charge is 2.36. The number of hydrogen-bond acceptors (Lipinski definition) is 3. The van der Waals surface area contributed by atoms with Crippen LogP contribution in [-0.2, 0) is 9.59 Å². The highest BCUT2D eigenvalue weighted by atomic mass is 32.2. The molecule has 0 bridgehead atoms. The van der Waals surface area contributed by atoms with Crippen molar-refractivity contribution in [2.75, 3.05) is 13.1 Å². The molecule has 1 saturated heterocycles. The third-order valence-corrected chi connectivity index (χ3v) is 3.71. The molecule has 1 heterocycles. The van der Waals surface area contributed by atoms with Crippen LogP contribution in [0, 0.1) is 6.42 Å². The summed E-state index contributed by atoms with van der Waals surface area (Å²) in [6.07, 6.45) is 1.66. The van der Waals surface area contributed by atoms with Crippen molar-refractivity contribution in [2.24, 2.45) is 5.73 Å². The Hall–Kier alpha value is -0.710. The molecule has 1 rings (SSSR count). The van der Waals surface area contributed by atoms with E-state index in [-0.39, 0.29) is 21.8 Å². The van der Waals surface area contributed by atoms with Gasteiger partial charge in [0.1, 0.15) is 5.25 Å². The van der Waals surface area contributed by atoms with Crippen LogP contribution in [0.15, 0.2) is 0 Å². The Kier molecular flexibility index (Phi) is 3.65. The van der Waals surface area contributed by atoms with Crippen molar-refractivity contribution in [2.45, 2.75) is 30.8 Å². The van der Waals surface area contributed by atoms with Gasteiger partial charge in [0, 0.05) is 17.8 Å². The van der Waals surface area contributed by atoms with E-state index in [4.69, 9.17) is 5.73 Å². The molecule has 2 amide bonds. The molecule has 0 aromatic carbocycles. The highest BCUT2D eigenvalue weighted by Crippen LogP contribution is 2.34. The average molecular weight is 229 g/mol. The van der Waals surface area contributed by atoms with E-state index in [0.29, 0.717) is 13.1 Å². The van der Waals surface area contributed by atoms with Crippen LogP contribution in [0.25, 0.3) is 0 Å². The number of amides is 2. The van der Waals surface area contributed by atoms with Gasteiger partial charge in [0.2, 0.25) is 11.8 Å². The molecule has 0 spiro atoms. The molecule has 2 N–H and O–H groups in total. The Labute approximate surface area is 94.6 Å². The van der Waals surface area contributed by atoms with Gasteiger partial charge in [-0.2, -0.15) is 0 Å². The summed E-state index contributed by atoms with van der Waals surface area (Å²) in [5, 5.41) is -0.317. The summed E-state index contributed by atoms with van der Waals surface area (Å²) in [4.78, 5) is 24.6. The predicted molar refractivity (Wildman–Crippen MR) is 61.2 cm³/mol. The zero-order valence-electron chi connectivity index (χ0n) is 9.32. The summed E-state index contributed by atoms with van der Waals surface area (Å²) >= 11 is 1.45. The highest BCUT2D eigenvalue weighted by molar-refractivity contribution is 8.02. The molecule has 1 aliphatic rings. The molecule has 1 radical (unpaired) electrons. The maximum Gasteiger partial charge on any atom is 0.232 e. The number of hydrogen-bond donors (Lipinski definition) is 1. The van der Waals surface area contributed by atoms with Crippen LogP contribution < -0.4 is 5.73 Å². The molecule has 15 heavy (non-hydrogen) atoms. The van der Waals surface area contributed by atoms with Crippen molar-refractivity contribution < 1.29 is 9.59 Å². The molecule has 0 aromatic rings. The van der Waals surface area contributed by atoms with Gasteiger partial charge in [0.05, 0.1) is 6.42 Å². The van der Waals surface area contributed by atoms with Crippen molar-refractivity contribution in [1.82, 2.24) is 4.90 Å². The minimum absolute atomic E-state index is 0.0150. The Morgan fingerprint density at radius 2 is 2.33 bits per heavy atom. The van der Waals surface area contributed by atoms with Gasteiger partial charge in [-0.1, -0.05) is 0 Å². The van der Waals surface area contributed by atoms with Gasteiger partial charge in [0.25, 0.3) is 0 Å². The van der Waals surface area contributed by atoms with Gasteiger partial charge in [-0.3, -0.25) is 9.59 Å². The standard InChI is InChI=1S/C10H17N2O2S/c1-4-12-6-7(9(11)14)15-10(2,3)5-8(12)13/h5,7H,4,6H2,1-3H3,(H2,11,14). The minimum atomic E-state index is -0.352. The van der Waals surface area contributed by atoms with Gasteiger partial charge in [-0.05, 0) is 20.8 Å². The minimum Gasteiger partial charge on any atom is -0.369 e. The number of nitrogens with zero attached hydrogens (tertiary/aromatic N) is 1. The molecule has 1 aliphatic heterocycles. The monoisotopic (exact) mass is 229 g/mol. The predicted octanol–water partition coefficient (Wildman–Crippen LogP) is 0.418. The largest absolute Gasteiger partial charge is 0.369 e. The van der Waals surface area contributed by atoms with Crippen LogP contribution in [0.4, 0.5) is 0 Å². The first kappa shape index (κ1) is 12.4. The molecule has 4 nitrogen and oxygen atoms in total. The summed E-state index contributed by atoms with van der Waals surface area (Å²) in [6, 6.07) is 0. The quantitative estimate of drug-likeness (QED) is 0.746. The molecule has 1 fully saturated rings. The van der Waals surface area contributed by atoms with E-state index in [9.17, 15) is 9.59 Å². The molecular weight excluding hydrogens is 212 g/mol. The van der Waals surface area contributed by atoms with Crippen LogP contribution in [-0.4, -0.2) is 39.8 Å². The number of nitrogens with two attached hydrogens (primary N) is 1. The molecule has 85 valence electrons. The van der Waals surface area contributed by atoms with Crippen LogP contribution in [0.3, 0.4) is 0 Å². The van der Waals surface area contributed by atoms with E-state index in [1.807, 2.05) is 20.8 Å². The lowest BCUT2D eigenvalue weighted by Crippen LogP contribution is -2.39. The van der Waals surface area contributed by atoms with Gasteiger partial charge in [0.15, 0.2) is 0 Å². The van der Waals surface area contributed by atoms with E-state index < -0.39 is 0 Å². The normalized spacial score (nSPS) is 26.2. The summed E-state index contributed by atoms with van der Waals surface area (Å²) in [5.74, 6) is -0.367. The molecule has 1 unspecified atom stereocenters. The van der Waals surface area contributed by atoms with Crippen molar-refractivity contribution in [3.05, 3.63) is 6.42 Å². The first-order chi connectivity index (χ1) is 6.85. The molecule has 1 atom stereocenters. The van der Waals surface area contributed by atoms with Crippen LogP contribution in [0.2, 0.25) is 0 Å². The zero-order chi connectivity index (χ0) is 11.6. The number of thioether (sulfide) groups is 1. The molecule has 0 saturated carbocycles. The Balaban J connectivity index is 2.87. The first-order valence-corrected chi connectivity index (χ1v) is 5.85. The number of primary amides is 1. The molecule has 0 aromatic heterocycles. The summed E-state index contributed by atoms with van der Waals surface area (Å²) < 4.78 is -0.333. The molecule has 5 heteroatoms. The van der Waals surface area contributed by atoms with Crippen LogP contribution in [0.5, 0.6) is 0 Å². The lowest BCUT2D eigenvalue weighted by Gasteiger charge is -2.22. The second-order valence-corrected chi connectivity index (χ2v) is 5.99. The fourth-order valence-electron chi connectivity index (χ4n) is 1.55. The maximum atomic E-state index is 11.7. The Bertz CT molecular complexity index is 279. The van der Waals surface area contributed by atoms with E-state index >= 15 is 0 Å². The summed E-state index contributed by atoms with van der Waals surface area (Å²) in [5.41, 5.74) is 5.31. The second kappa shape index (κ2) is 4.43. The number of carbonyl (C=O) groups excluding carboxylic acids is 2. The van der Waals surface area contributed by atoms with Gasteiger partial charge < -0.3 is 10.6 Å². The molecular formula is C10H17N2O2S. The Morgan fingerprint density at radius 3 is 2.80 bits per heavy atom. The fourth-order valence-corrected chi connectivity index (χ4v) is 2.82. The number of carbonyl (C=O) groups is 2. The zero-order valence-corrected chi connectivity index (χ0v) is 10.1.